The topological polar surface area (TPSA) is 58.8 Å². The van der Waals surface area contributed by atoms with E-state index in [1.54, 1.807) is 12.1 Å². The number of nitro groups is 1. The summed E-state index contributed by atoms with van der Waals surface area (Å²) >= 11 is 0. The minimum absolute atomic E-state index is 0.0506. The van der Waals surface area contributed by atoms with Crippen LogP contribution < -0.4 is 4.74 Å². The Balaban J connectivity index is 1.86. The van der Waals surface area contributed by atoms with Crippen molar-refractivity contribution >= 4 is 5.69 Å². The Morgan fingerprint density at radius 2 is 2.00 bits per heavy atom. The summed E-state index contributed by atoms with van der Waals surface area (Å²) in [5, 5.41) is 11.0. The highest BCUT2D eigenvalue weighted by Gasteiger charge is 2.16. The summed E-state index contributed by atoms with van der Waals surface area (Å²) in [6, 6.07) is 5.22. The Hall–Kier alpha value is -1.66. The quantitative estimate of drug-likeness (QED) is 0.591. The first-order valence-corrected chi connectivity index (χ1v) is 7.32. The average molecular weight is 293 g/mol. The molecule has 0 bridgehead atoms. The van der Waals surface area contributed by atoms with E-state index in [4.69, 9.17) is 4.74 Å². The van der Waals surface area contributed by atoms with E-state index in [9.17, 15) is 10.1 Å². The summed E-state index contributed by atoms with van der Waals surface area (Å²) in [7, 11) is 3.60. The molecule has 1 saturated heterocycles. The molecule has 1 fully saturated rings. The van der Waals surface area contributed by atoms with Gasteiger partial charge in [0.05, 0.1) is 12.0 Å². The summed E-state index contributed by atoms with van der Waals surface area (Å²) in [5.74, 6) is 0.322. The van der Waals surface area contributed by atoms with Crippen molar-refractivity contribution in [3.63, 3.8) is 0 Å². The Bertz CT molecular complexity index is 485. The third kappa shape index (κ3) is 4.41. The largest absolute Gasteiger partial charge is 0.490 e. The predicted molar refractivity (Wildman–Crippen MR) is 81.9 cm³/mol. The zero-order valence-electron chi connectivity index (χ0n) is 12.7. The highest BCUT2D eigenvalue weighted by atomic mass is 16.6. The van der Waals surface area contributed by atoms with E-state index in [2.05, 4.69) is 16.8 Å². The molecule has 0 radical (unpaired) electrons. The second kappa shape index (κ2) is 7.38. The van der Waals surface area contributed by atoms with Gasteiger partial charge in [-0.15, -0.1) is 0 Å². The molecule has 2 rings (SSSR count). The van der Waals surface area contributed by atoms with Crippen molar-refractivity contribution in [2.24, 2.45) is 0 Å². The number of nitro benzene ring substituents is 1. The van der Waals surface area contributed by atoms with Gasteiger partial charge in [0.1, 0.15) is 0 Å². The van der Waals surface area contributed by atoms with Crippen molar-refractivity contribution in [1.82, 2.24) is 9.80 Å². The number of hydrogen-bond donors (Lipinski definition) is 0. The number of hydrogen-bond acceptors (Lipinski definition) is 5. The van der Waals surface area contributed by atoms with Crippen molar-refractivity contribution in [3.05, 3.63) is 33.9 Å². The molecule has 1 aliphatic rings. The maximum absolute atomic E-state index is 11.0. The highest BCUT2D eigenvalue weighted by molar-refractivity contribution is 5.48. The first-order valence-electron chi connectivity index (χ1n) is 7.32. The van der Waals surface area contributed by atoms with E-state index in [1.807, 2.05) is 6.07 Å². The van der Waals surface area contributed by atoms with Crippen LogP contribution in [0, 0.1) is 10.1 Å². The number of ether oxygens (including phenoxy) is 1. The van der Waals surface area contributed by atoms with Crippen LogP contribution in [0.15, 0.2) is 18.2 Å². The van der Waals surface area contributed by atoms with Gasteiger partial charge < -0.3 is 14.5 Å². The van der Waals surface area contributed by atoms with Gasteiger partial charge in [-0.3, -0.25) is 10.1 Å². The molecule has 0 N–H and O–H groups in total. The summed E-state index contributed by atoms with van der Waals surface area (Å²) in [4.78, 5) is 15.4. The molecule has 0 amide bonds. The van der Waals surface area contributed by atoms with E-state index in [0.717, 1.165) is 51.1 Å². The lowest BCUT2D eigenvalue weighted by molar-refractivity contribution is -0.385. The number of likely N-dealkylation sites (N-methyl/N-ethyl adjacent to an activating group) is 1. The molecule has 0 spiro atoms. The number of piperazine rings is 1. The Labute approximate surface area is 125 Å². The van der Waals surface area contributed by atoms with Crippen LogP contribution in [0.3, 0.4) is 0 Å². The van der Waals surface area contributed by atoms with Crippen LogP contribution in [0.2, 0.25) is 0 Å². The molecule has 0 aromatic heterocycles. The van der Waals surface area contributed by atoms with Crippen LogP contribution in [-0.2, 0) is 6.42 Å². The van der Waals surface area contributed by atoms with E-state index >= 15 is 0 Å². The number of aryl methyl sites for hydroxylation is 1. The molecule has 0 unspecified atom stereocenters. The Morgan fingerprint density at radius 3 is 2.62 bits per heavy atom. The second-order valence-corrected chi connectivity index (χ2v) is 5.51. The standard InChI is InChI=1S/C15H23N3O3/c1-16-8-10-17(11-9-16)7-3-4-13-5-6-15(21-2)14(12-13)18(19)20/h5-6,12H,3-4,7-11H2,1-2H3. The Kier molecular flexibility index (Phi) is 5.52. The molecule has 6 heteroatoms. The molecule has 116 valence electrons. The third-order valence-electron chi connectivity index (χ3n) is 3.98. The third-order valence-corrected chi connectivity index (χ3v) is 3.98. The van der Waals surface area contributed by atoms with E-state index in [0.29, 0.717) is 5.75 Å². The molecule has 1 aromatic carbocycles. The normalized spacial score (nSPS) is 16.9. The molecule has 0 atom stereocenters. The van der Waals surface area contributed by atoms with Crippen molar-refractivity contribution in [3.8, 4) is 5.75 Å². The lowest BCUT2D eigenvalue weighted by Gasteiger charge is -2.32. The van der Waals surface area contributed by atoms with Crippen molar-refractivity contribution in [1.29, 1.82) is 0 Å². The zero-order valence-corrected chi connectivity index (χ0v) is 12.7. The summed E-state index contributed by atoms with van der Waals surface area (Å²) in [6.07, 6.45) is 1.88. The minimum Gasteiger partial charge on any atom is -0.490 e. The molecule has 1 aliphatic heterocycles. The molecule has 0 saturated carbocycles. The zero-order chi connectivity index (χ0) is 15.2. The SMILES string of the molecule is COc1ccc(CCCN2CCN(C)CC2)cc1[N+](=O)[O-]. The van der Waals surface area contributed by atoms with Crippen LogP contribution in [0.5, 0.6) is 5.75 Å². The first-order chi connectivity index (χ1) is 10.1. The lowest BCUT2D eigenvalue weighted by atomic mass is 10.1. The fraction of sp³-hybridized carbons (Fsp3) is 0.600. The average Bonchev–Trinajstić information content (AvgIpc) is 2.49. The van der Waals surface area contributed by atoms with Crippen LogP contribution >= 0.6 is 0 Å². The number of rotatable bonds is 6. The van der Waals surface area contributed by atoms with Crippen molar-refractivity contribution < 1.29 is 9.66 Å². The molecule has 1 aromatic rings. The summed E-state index contributed by atoms with van der Waals surface area (Å²) in [6.45, 7) is 5.51. The van der Waals surface area contributed by atoms with Crippen LogP contribution in [-0.4, -0.2) is 61.6 Å². The first kappa shape index (κ1) is 15.7. The molecule has 21 heavy (non-hydrogen) atoms. The molecule has 0 aliphatic carbocycles. The van der Waals surface area contributed by atoms with Crippen molar-refractivity contribution in [2.75, 3.05) is 46.9 Å². The highest BCUT2D eigenvalue weighted by Crippen LogP contribution is 2.27. The monoisotopic (exact) mass is 293 g/mol. The van der Waals surface area contributed by atoms with Gasteiger partial charge in [0.25, 0.3) is 0 Å². The van der Waals surface area contributed by atoms with Crippen LogP contribution in [0.4, 0.5) is 5.69 Å². The van der Waals surface area contributed by atoms with Gasteiger partial charge in [-0.2, -0.15) is 0 Å². The number of methoxy groups -OCH3 is 1. The van der Waals surface area contributed by atoms with Crippen LogP contribution in [0.1, 0.15) is 12.0 Å². The number of nitrogens with zero attached hydrogens (tertiary/aromatic N) is 3. The van der Waals surface area contributed by atoms with Gasteiger partial charge in [-0.25, -0.2) is 0 Å². The van der Waals surface area contributed by atoms with E-state index in [-0.39, 0.29) is 10.6 Å². The van der Waals surface area contributed by atoms with Gasteiger partial charge in [0.15, 0.2) is 5.75 Å². The maximum Gasteiger partial charge on any atom is 0.311 e. The number of benzene rings is 1. The van der Waals surface area contributed by atoms with Gasteiger partial charge in [0.2, 0.25) is 0 Å². The fourth-order valence-electron chi connectivity index (χ4n) is 2.61. The van der Waals surface area contributed by atoms with Gasteiger partial charge >= 0.3 is 5.69 Å². The molecular formula is C15H23N3O3. The van der Waals surface area contributed by atoms with Gasteiger partial charge in [-0.05, 0) is 38.1 Å². The molecular weight excluding hydrogens is 270 g/mol. The maximum atomic E-state index is 11.0. The lowest BCUT2D eigenvalue weighted by Crippen LogP contribution is -2.44. The fourth-order valence-corrected chi connectivity index (χ4v) is 2.61. The Morgan fingerprint density at radius 1 is 1.29 bits per heavy atom. The predicted octanol–water partition coefficient (Wildman–Crippen LogP) is 1.78. The van der Waals surface area contributed by atoms with E-state index < -0.39 is 0 Å². The van der Waals surface area contributed by atoms with Gasteiger partial charge in [0, 0.05) is 32.2 Å². The second-order valence-electron chi connectivity index (χ2n) is 5.51. The van der Waals surface area contributed by atoms with Crippen LogP contribution in [0.25, 0.3) is 0 Å². The summed E-state index contributed by atoms with van der Waals surface area (Å²) in [5.41, 5.74) is 1.05. The van der Waals surface area contributed by atoms with Gasteiger partial charge in [-0.1, -0.05) is 6.07 Å². The smallest absolute Gasteiger partial charge is 0.311 e. The van der Waals surface area contributed by atoms with E-state index in [1.165, 1.54) is 7.11 Å². The van der Waals surface area contributed by atoms with Crippen molar-refractivity contribution in [2.45, 2.75) is 12.8 Å². The minimum atomic E-state index is -0.386. The molecule has 6 nitrogen and oxygen atoms in total. The summed E-state index contributed by atoms with van der Waals surface area (Å²) < 4.78 is 5.02. The molecule has 1 heterocycles.